The van der Waals surface area contributed by atoms with Crippen molar-refractivity contribution in [3.8, 4) is 6.01 Å². The molecule has 2 rings (SSSR count). The summed E-state index contributed by atoms with van der Waals surface area (Å²) in [5.74, 6) is 0.184. The van der Waals surface area contributed by atoms with Crippen LogP contribution in [0.1, 0.15) is 19.4 Å². The van der Waals surface area contributed by atoms with Gasteiger partial charge in [-0.05, 0) is 32.9 Å². The van der Waals surface area contributed by atoms with Crippen LogP contribution in [0, 0.1) is 6.92 Å². The number of carbonyl (C=O) groups is 1. The van der Waals surface area contributed by atoms with Gasteiger partial charge in [-0.2, -0.15) is 15.0 Å². The molecule has 0 atom stereocenters. The number of methoxy groups -OCH3 is 1. The third kappa shape index (κ3) is 5.03. The van der Waals surface area contributed by atoms with Gasteiger partial charge in [0.2, 0.25) is 11.9 Å². The molecule has 0 aliphatic carbocycles. The largest absolute Gasteiger partial charge is 0.467 e. The number of benzene rings is 1. The van der Waals surface area contributed by atoms with Crippen molar-refractivity contribution in [2.24, 2.45) is 0 Å². The van der Waals surface area contributed by atoms with Crippen LogP contribution in [-0.2, 0) is 10.0 Å². The highest BCUT2D eigenvalue weighted by Crippen LogP contribution is 2.16. The van der Waals surface area contributed by atoms with E-state index >= 15 is 0 Å². The summed E-state index contributed by atoms with van der Waals surface area (Å²) < 4.78 is 31.9. The van der Waals surface area contributed by atoms with E-state index in [9.17, 15) is 13.2 Å². The van der Waals surface area contributed by atoms with Gasteiger partial charge in [0.15, 0.2) is 0 Å². The van der Waals surface area contributed by atoms with Gasteiger partial charge in [0.05, 0.1) is 12.0 Å². The number of ether oxygens (including phenoxy) is 1. The van der Waals surface area contributed by atoms with Crippen LogP contribution >= 0.6 is 0 Å². The predicted molar refractivity (Wildman–Crippen MR) is 100 cm³/mol. The minimum atomic E-state index is -4.03. The SMILES string of the molecule is CCNc1nc(OC)nc(N(CC)C(=O)NS(=O)(=O)c2ccc(C)cc2)n1. The van der Waals surface area contributed by atoms with Crippen molar-refractivity contribution in [1.29, 1.82) is 0 Å². The monoisotopic (exact) mass is 394 g/mol. The van der Waals surface area contributed by atoms with Gasteiger partial charge in [-0.1, -0.05) is 17.7 Å². The van der Waals surface area contributed by atoms with E-state index in [2.05, 4.69) is 20.3 Å². The Morgan fingerprint density at radius 2 is 1.81 bits per heavy atom. The molecular formula is C16H22N6O4S. The number of sulfonamides is 1. The van der Waals surface area contributed by atoms with Crippen LogP contribution < -0.4 is 19.7 Å². The van der Waals surface area contributed by atoms with E-state index in [1.807, 2.05) is 18.6 Å². The molecule has 0 aliphatic heterocycles. The Balaban J connectivity index is 2.30. The molecule has 1 aromatic carbocycles. The molecule has 2 amide bonds. The maximum Gasteiger partial charge on any atom is 0.338 e. The molecule has 0 radical (unpaired) electrons. The molecule has 1 aromatic heterocycles. The molecule has 146 valence electrons. The molecule has 27 heavy (non-hydrogen) atoms. The average molecular weight is 394 g/mol. The third-order valence-corrected chi connectivity index (χ3v) is 4.81. The van der Waals surface area contributed by atoms with Gasteiger partial charge in [0.25, 0.3) is 10.0 Å². The zero-order valence-corrected chi connectivity index (χ0v) is 16.4. The van der Waals surface area contributed by atoms with Crippen LogP contribution in [0.25, 0.3) is 0 Å². The maximum absolute atomic E-state index is 12.6. The molecular weight excluding hydrogens is 372 g/mol. The Bertz CT molecular complexity index is 902. The number of aromatic nitrogens is 3. The normalized spacial score (nSPS) is 11.0. The summed E-state index contributed by atoms with van der Waals surface area (Å²) in [4.78, 5) is 25.8. The van der Waals surface area contributed by atoms with E-state index in [1.54, 1.807) is 19.1 Å². The highest BCUT2D eigenvalue weighted by atomic mass is 32.2. The Kier molecular flexibility index (Phi) is 6.50. The van der Waals surface area contributed by atoms with E-state index in [-0.39, 0.29) is 29.3 Å². The molecule has 1 heterocycles. The van der Waals surface area contributed by atoms with Crippen molar-refractivity contribution in [1.82, 2.24) is 19.7 Å². The number of anilines is 2. The van der Waals surface area contributed by atoms with Crippen LogP contribution in [0.3, 0.4) is 0 Å². The maximum atomic E-state index is 12.6. The number of carbonyl (C=O) groups excluding carboxylic acids is 1. The van der Waals surface area contributed by atoms with Crippen molar-refractivity contribution < 1.29 is 17.9 Å². The molecule has 0 spiro atoms. The van der Waals surface area contributed by atoms with Crippen LogP contribution in [0.2, 0.25) is 0 Å². The first-order valence-corrected chi connectivity index (χ1v) is 9.74. The molecule has 0 fully saturated rings. The second-order valence-electron chi connectivity index (χ2n) is 5.44. The Hall–Kier alpha value is -2.95. The molecule has 0 unspecified atom stereocenters. The van der Waals surface area contributed by atoms with Gasteiger partial charge in [-0.15, -0.1) is 0 Å². The number of amides is 2. The number of hydrogen-bond acceptors (Lipinski definition) is 8. The lowest BCUT2D eigenvalue weighted by Crippen LogP contribution is -2.43. The molecule has 0 saturated heterocycles. The van der Waals surface area contributed by atoms with Crippen molar-refractivity contribution >= 4 is 28.0 Å². The lowest BCUT2D eigenvalue weighted by Gasteiger charge is -2.20. The van der Waals surface area contributed by atoms with Crippen molar-refractivity contribution in [2.45, 2.75) is 25.7 Å². The number of hydrogen-bond donors (Lipinski definition) is 2. The first-order valence-electron chi connectivity index (χ1n) is 8.25. The number of aryl methyl sites for hydroxylation is 1. The summed E-state index contributed by atoms with van der Waals surface area (Å²) in [5.41, 5.74) is 0.906. The second-order valence-corrected chi connectivity index (χ2v) is 7.13. The highest BCUT2D eigenvalue weighted by molar-refractivity contribution is 7.90. The van der Waals surface area contributed by atoms with E-state index in [0.717, 1.165) is 10.5 Å². The number of nitrogens with zero attached hydrogens (tertiary/aromatic N) is 4. The standard InChI is InChI=1S/C16H22N6O4S/c1-5-17-13-18-14(20-15(19-13)26-4)22(6-2)16(23)21-27(24,25)12-9-7-11(3)8-10-12/h7-10H,5-6H2,1-4H3,(H,21,23)(H,17,18,19,20). The van der Waals surface area contributed by atoms with Gasteiger partial charge in [0.1, 0.15) is 0 Å². The van der Waals surface area contributed by atoms with Crippen molar-refractivity contribution in [3.05, 3.63) is 29.8 Å². The van der Waals surface area contributed by atoms with E-state index < -0.39 is 16.1 Å². The van der Waals surface area contributed by atoms with Crippen LogP contribution in [-0.4, -0.2) is 49.6 Å². The topological polar surface area (TPSA) is 126 Å². The molecule has 10 nitrogen and oxygen atoms in total. The fourth-order valence-electron chi connectivity index (χ4n) is 2.12. The van der Waals surface area contributed by atoms with Gasteiger partial charge in [0, 0.05) is 13.1 Å². The fraction of sp³-hybridized carbons (Fsp3) is 0.375. The average Bonchev–Trinajstić information content (AvgIpc) is 2.62. The van der Waals surface area contributed by atoms with Gasteiger partial charge < -0.3 is 10.1 Å². The minimum Gasteiger partial charge on any atom is -0.467 e. The summed E-state index contributed by atoms with van der Waals surface area (Å²) in [6, 6.07) is 5.27. The minimum absolute atomic E-state index is 0.00333. The van der Waals surface area contributed by atoms with Gasteiger partial charge in [-0.3, -0.25) is 4.90 Å². The van der Waals surface area contributed by atoms with E-state index in [1.165, 1.54) is 19.2 Å². The Morgan fingerprint density at radius 1 is 1.15 bits per heavy atom. The lowest BCUT2D eigenvalue weighted by atomic mass is 10.2. The fourth-order valence-corrected chi connectivity index (χ4v) is 3.07. The molecule has 0 saturated carbocycles. The molecule has 2 aromatic rings. The van der Waals surface area contributed by atoms with Gasteiger partial charge in [-0.25, -0.2) is 17.9 Å². The smallest absolute Gasteiger partial charge is 0.338 e. The summed E-state index contributed by atoms with van der Waals surface area (Å²) in [5, 5.41) is 2.90. The lowest BCUT2D eigenvalue weighted by molar-refractivity contribution is 0.251. The number of urea groups is 1. The quantitative estimate of drug-likeness (QED) is 0.724. The predicted octanol–water partition coefficient (Wildman–Crippen LogP) is 1.55. The third-order valence-electron chi connectivity index (χ3n) is 3.48. The first-order chi connectivity index (χ1) is 12.8. The van der Waals surface area contributed by atoms with E-state index in [4.69, 9.17) is 4.74 Å². The Labute approximate surface area is 158 Å². The zero-order valence-electron chi connectivity index (χ0n) is 15.6. The summed E-state index contributed by atoms with van der Waals surface area (Å²) in [6.45, 7) is 6.04. The molecule has 0 aliphatic rings. The molecule has 11 heteroatoms. The van der Waals surface area contributed by atoms with Gasteiger partial charge >= 0.3 is 12.0 Å². The Morgan fingerprint density at radius 3 is 2.37 bits per heavy atom. The summed E-state index contributed by atoms with van der Waals surface area (Å²) >= 11 is 0. The van der Waals surface area contributed by atoms with Crippen molar-refractivity contribution in [3.63, 3.8) is 0 Å². The molecule has 0 bridgehead atoms. The second kappa shape index (κ2) is 8.62. The highest BCUT2D eigenvalue weighted by Gasteiger charge is 2.25. The first kappa shape index (κ1) is 20.4. The number of nitrogens with one attached hydrogen (secondary N) is 2. The van der Waals surface area contributed by atoms with Crippen LogP contribution in [0.15, 0.2) is 29.2 Å². The van der Waals surface area contributed by atoms with Crippen molar-refractivity contribution in [2.75, 3.05) is 30.4 Å². The van der Waals surface area contributed by atoms with E-state index in [0.29, 0.717) is 6.54 Å². The van der Waals surface area contributed by atoms with Crippen LogP contribution in [0.4, 0.5) is 16.7 Å². The molecule has 2 N–H and O–H groups in total. The summed E-state index contributed by atoms with van der Waals surface area (Å²) in [6.07, 6.45) is 0. The van der Waals surface area contributed by atoms with Crippen LogP contribution in [0.5, 0.6) is 6.01 Å². The zero-order chi connectivity index (χ0) is 20.0. The number of rotatable bonds is 7. The summed E-state index contributed by atoms with van der Waals surface area (Å²) in [7, 11) is -2.65.